The Morgan fingerprint density at radius 1 is 0.839 bits per heavy atom. The van der Waals surface area contributed by atoms with Gasteiger partial charge in [0.05, 0.1) is 19.8 Å². The predicted octanol–water partition coefficient (Wildman–Crippen LogP) is 3.75. The van der Waals surface area contributed by atoms with Gasteiger partial charge in [-0.25, -0.2) is 0 Å². The number of benzene rings is 1. The monoisotopic (exact) mass is 428 g/mol. The van der Waals surface area contributed by atoms with Crippen LogP contribution in [0, 0.1) is 11.8 Å². The number of carbonyl (C=O) groups is 2. The lowest BCUT2D eigenvalue weighted by Crippen LogP contribution is -2.40. The molecule has 1 aromatic carbocycles. The first-order valence-electron chi connectivity index (χ1n) is 12.1. The standard InChI is InChI=1S/C25H36N2O4/c28-24(18-20-4-2-1-3-5-20)26-12-10-21(11-13-26)19-31-23-8-6-22(7-9-23)25(29)27-14-16-30-17-15-27/h6-9,20-21H,1-5,10-19H2. The van der Waals surface area contributed by atoms with Gasteiger partial charge in [0.25, 0.3) is 5.91 Å². The third-order valence-corrected chi connectivity index (χ3v) is 7.04. The number of ether oxygens (including phenoxy) is 2. The molecule has 0 N–H and O–H groups in total. The number of carbonyl (C=O) groups excluding carboxylic acids is 2. The van der Waals surface area contributed by atoms with Gasteiger partial charge in [-0.15, -0.1) is 0 Å². The van der Waals surface area contributed by atoms with Crippen LogP contribution < -0.4 is 4.74 Å². The summed E-state index contributed by atoms with van der Waals surface area (Å²) in [5.41, 5.74) is 0.694. The lowest BCUT2D eigenvalue weighted by atomic mass is 9.86. The molecule has 3 fully saturated rings. The Labute approximate surface area is 185 Å². The van der Waals surface area contributed by atoms with Crippen LogP contribution >= 0.6 is 0 Å². The first-order chi connectivity index (χ1) is 15.2. The fourth-order valence-corrected chi connectivity index (χ4v) is 4.97. The Bertz CT molecular complexity index is 716. The van der Waals surface area contributed by atoms with Crippen LogP contribution in [-0.4, -0.2) is 67.6 Å². The molecular weight excluding hydrogens is 392 g/mol. The molecule has 1 aliphatic carbocycles. The van der Waals surface area contributed by atoms with E-state index in [0.717, 1.165) is 38.1 Å². The Hall–Kier alpha value is -2.08. The SMILES string of the molecule is O=C(CC1CCCCC1)N1CCC(COc2ccc(C(=O)N3CCOCC3)cc2)CC1. The molecule has 0 radical (unpaired) electrons. The molecule has 1 saturated carbocycles. The average Bonchev–Trinajstić information content (AvgIpc) is 2.84. The van der Waals surface area contributed by atoms with Crippen molar-refractivity contribution < 1.29 is 19.1 Å². The number of hydrogen-bond acceptors (Lipinski definition) is 4. The fourth-order valence-electron chi connectivity index (χ4n) is 4.97. The summed E-state index contributed by atoms with van der Waals surface area (Å²) in [5, 5.41) is 0. The van der Waals surface area contributed by atoms with E-state index >= 15 is 0 Å². The molecule has 2 saturated heterocycles. The molecule has 170 valence electrons. The summed E-state index contributed by atoms with van der Waals surface area (Å²) in [6, 6.07) is 7.46. The summed E-state index contributed by atoms with van der Waals surface area (Å²) >= 11 is 0. The van der Waals surface area contributed by atoms with Crippen LogP contribution in [0.25, 0.3) is 0 Å². The smallest absolute Gasteiger partial charge is 0.254 e. The number of hydrogen-bond donors (Lipinski definition) is 0. The topological polar surface area (TPSA) is 59.1 Å². The van der Waals surface area contributed by atoms with E-state index in [-0.39, 0.29) is 5.91 Å². The van der Waals surface area contributed by atoms with Crippen LogP contribution in [-0.2, 0) is 9.53 Å². The number of rotatable bonds is 6. The van der Waals surface area contributed by atoms with Gasteiger partial charge in [-0.3, -0.25) is 9.59 Å². The van der Waals surface area contributed by atoms with Crippen molar-refractivity contribution in [2.24, 2.45) is 11.8 Å². The Kier molecular flexibility index (Phi) is 7.84. The molecule has 6 nitrogen and oxygen atoms in total. The molecule has 3 aliphatic rings. The highest BCUT2D eigenvalue weighted by molar-refractivity contribution is 5.94. The Morgan fingerprint density at radius 3 is 2.19 bits per heavy atom. The van der Waals surface area contributed by atoms with Crippen molar-refractivity contribution >= 4 is 11.8 Å². The molecule has 0 unspecified atom stereocenters. The molecule has 0 aromatic heterocycles. The Balaban J connectivity index is 1.17. The maximum absolute atomic E-state index is 12.6. The van der Waals surface area contributed by atoms with Crippen LogP contribution in [0.3, 0.4) is 0 Å². The summed E-state index contributed by atoms with van der Waals surface area (Å²) in [6.45, 7) is 4.90. The molecule has 31 heavy (non-hydrogen) atoms. The maximum atomic E-state index is 12.6. The van der Waals surface area contributed by atoms with Crippen molar-refractivity contribution in [3.8, 4) is 5.75 Å². The van der Waals surface area contributed by atoms with Gasteiger partial charge in [0.15, 0.2) is 0 Å². The van der Waals surface area contributed by atoms with Gasteiger partial charge in [0.1, 0.15) is 5.75 Å². The summed E-state index contributed by atoms with van der Waals surface area (Å²) in [5.74, 6) is 2.30. The van der Waals surface area contributed by atoms with Crippen molar-refractivity contribution in [2.45, 2.75) is 51.4 Å². The van der Waals surface area contributed by atoms with Crippen molar-refractivity contribution in [1.29, 1.82) is 0 Å². The van der Waals surface area contributed by atoms with Gasteiger partial charge < -0.3 is 19.3 Å². The van der Waals surface area contributed by atoms with Gasteiger partial charge in [-0.2, -0.15) is 0 Å². The molecule has 6 heteroatoms. The quantitative estimate of drug-likeness (QED) is 0.693. The van der Waals surface area contributed by atoms with Crippen LogP contribution in [0.2, 0.25) is 0 Å². The van der Waals surface area contributed by atoms with E-state index in [9.17, 15) is 9.59 Å². The summed E-state index contributed by atoms with van der Waals surface area (Å²) in [6.07, 6.45) is 9.13. The number of nitrogens with zero attached hydrogens (tertiary/aromatic N) is 2. The van der Waals surface area contributed by atoms with Crippen molar-refractivity contribution in [3.63, 3.8) is 0 Å². The summed E-state index contributed by atoms with van der Waals surface area (Å²) in [4.78, 5) is 29.0. The zero-order valence-corrected chi connectivity index (χ0v) is 18.6. The zero-order valence-electron chi connectivity index (χ0n) is 18.6. The third kappa shape index (κ3) is 6.22. The minimum absolute atomic E-state index is 0.0557. The van der Waals surface area contributed by atoms with Crippen LogP contribution in [0.4, 0.5) is 0 Å². The van der Waals surface area contributed by atoms with E-state index in [2.05, 4.69) is 4.90 Å². The molecule has 1 aromatic rings. The van der Waals surface area contributed by atoms with Crippen LogP contribution in [0.15, 0.2) is 24.3 Å². The molecule has 4 rings (SSSR count). The highest BCUT2D eigenvalue weighted by Crippen LogP contribution is 2.28. The first kappa shape index (κ1) is 22.1. The lowest BCUT2D eigenvalue weighted by Gasteiger charge is -2.33. The number of morpholine rings is 1. The molecule has 0 bridgehead atoms. The largest absolute Gasteiger partial charge is 0.493 e. The van der Waals surface area contributed by atoms with Gasteiger partial charge in [-0.05, 0) is 61.8 Å². The van der Waals surface area contributed by atoms with E-state index in [0.29, 0.717) is 56.2 Å². The third-order valence-electron chi connectivity index (χ3n) is 7.04. The van der Waals surface area contributed by atoms with E-state index in [4.69, 9.17) is 9.47 Å². The maximum Gasteiger partial charge on any atom is 0.254 e. The second-order valence-electron chi connectivity index (χ2n) is 9.27. The highest BCUT2D eigenvalue weighted by atomic mass is 16.5. The minimum Gasteiger partial charge on any atom is -0.493 e. The molecule has 0 atom stereocenters. The molecule has 2 amide bonds. The van der Waals surface area contributed by atoms with Gasteiger partial charge in [-0.1, -0.05) is 19.3 Å². The van der Waals surface area contributed by atoms with Crippen molar-refractivity contribution in [1.82, 2.24) is 9.80 Å². The first-order valence-corrected chi connectivity index (χ1v) is 12.1. The normalized spacial score (nSPS) is 21.2. The van der Waals surface area contributed by atoms with Crippen molar-refractivity contribution in [2.75, 3.05) is 46.0 Å². The number of amides is 2. The van der Waals surface area contributed by atoms with E-state index in [1.165, 1.54) is 32.1 Å². The minimum atomic E-state index is 0.0557. The summed E-state index contributed by atoms with van der Waals surface area (Å²) < 4.78 is 11.3. The highest BCUT2D eigenvalue weighted by Gasteiger charge is 2.26. The van der Waals surface area contributed by atoms with Gasteiger partial charge in [0.2, 0.25) is 5.91 Å². The van der Waals surface area contributed by atoms with Crippen LogP contribution in [0.5, 0.6) is 5.75 Å². The van der Waals surface area contributed by atoms with E-state index < -0.39 is 0 Å². The average molecular weight is 429 g/mol. The molecular formula is C25H36N2O4. The van der Waals surface area contributed by atoms with E-state index in [1.807, 2.05) is 29.2 Å². The van der Waals surface area contributed by atoms with Gasteiger partial charge in [0, 0.05) is 38.2 Å². The molecule has 2 heterocycles. The second kappa shape index (κ2) is 11.0. The van der Waals surface area contributed by atoms with E-state index in [1.54, 1.807) is 0 Å². The summed E-state index contributed by atoms with van der Waals surface area (Å²) in [7, 11) is 0. The van der Waals surface area contributed by atoms with Gasteiger partial charge >= 0.3 is 0 Å². The number of piperidine rings is 1. The number of likely N-dealkylation sites (tertiary alicyclic amines) is 1. The predicted molar refractivity (Wildman–Crippen MR) is 119 cm³/mol. The Morgan fingerprint density at radius 2 is 1.52 bits per heavy atom. The molecule has 2 aliphatic heterocycles. The second-order valence-corrected chi connectivity index (χ2v) is 9.27. The fraction of sp³-hybridized carbons (Fsp3) is 0.680. The lowest BCUT2D eigenvalue weighted by molar-refractivity contribution is -0.134. The van der Waals surface area contributed by atoms with Crippen LogP contribution in [0.1, 0.15) is 61.7 Å². The zero-order chi connectivity index (χ0) is 21.5. The van der Waals surface area contributed by atoms with Crippen molar-refractivity contribution in [3.05, 3.63) is 29.8 Å². The molecule has 0 spiro atoms.